The lowest BCUT2D eigenvalue weighted by Gasteiger charge is -2.22. The molecule has 2 nitrogen and oxygen atoms in total. The molecule has 1 heterocycles. The van der Waals surface area contributed by atoms with Crippen molar-refractivity contribution in [3.05, 3.63) is 51.3 Å². The van der Waals surface area contributed by atoms with E-state index in [4.69, 9.17) is 5.73 Å². The number of hydrogen-bond donors (Lipinski definition) is 1. The molecule has 0 amide bonds. The van der Waals surface area contributed by atoms with Crippen LogP contribution in [0.2, 0.25) is 0 Å². The Kier molecular flexibility index (Phi) is 3.27. The van der Waals surface area contributed by atoms with Crippen LogP contribution in [0.5, 0.6) is 0 Å². The molecule has 1 atom stereocenters. The molecule has 0 radical (unpaired) electrons. The van der Waals surface area contributed by atoms with E-state index in [2.05, 4.69) is 58.7 Å². The number of aryl methyl sites for hydroxylation is 2. The first kappa shape index (κ1) is 12.9. The number of rotatable bonds is 1. The third-order valence-electron chi connectivity index (χ3n) is 3.99. The Hall–Kier alpha value is -1.06. The monoisotopic (exact) mass is 318 g/mol. The van der Waals surface area contributed by atoms with Gasteiger partial charge in [0.25, 0.3) is 0 Å². The van der Waals surface area contributed by atoms with Gasteiger partial charge in [0.1, 0.15) is 0 Å². The van der Waals surface area contributed by atoms with Crippen molar-refractivity contribution >= 4 is 15.9 Å². The van der Waals surface area contributed by atoms with Crippen LogP contribution in [0.3, 0.4) is 0 Å². The SMILES string of the molecule is Cc1cc(C)c(-n2ccc3c2CCCC3N)c(Br)c1. The Morgan fingerprint density at radius 1 is 1.32 bits per heavy atom. The first-order chi connectivity index (χ1) is 9.08. The molecule has 1 unspecified atom stereocenters. The van der Waals surface area contributed by atoms with E-state index >= 15 is 0 Å². The first-order valence-electron chi connectivity index (χ1n) is 6.80. The zero-order valence-corrected chi connectivity index (χ0v) is 13.0. The maximum atomic E-state index is 6.21. The molecule has 3 heteroatoms. The smallest absolute Gasteiger partial charge is 0.0623 e. The highest BCUT2D eigenvalue weighted by molar-refractivity contribution is 9.10. The van der Waals surface area contributed by atoms with Crippen LogP contribution in [0.1, 0.15) is 41.3 Å². The van der Waals surface area contributed by atoms with Gasteiger partial charge in [-0.3, -0.25) is 0 Å². The molecule has 2 aromatic rings. The van der Waals surface area contributed by atoms with Gasteiger partial charge in [-0.15, -0.1) is 0 Å². The second kappa shape index (κ2) is 4.80. The van der Waals surface area contributed by atoms with E-state index in [1.165, 1.54) is 34.5 Å². The maximum absolute atomic E-state index is 6.21. The van der Waals surface area contributed by atoms with Gasteiger partial charge in [0, 0.05) is 22.4 Å². The van der Waals surface area contributed by atoms with Crippen LogP contribution >= 0.6 is 15.9 Å². The number of hydrogen-bond acceptors (Lipinski definition) is 1. The predicted molar refractivity (Wildman–Crippen MR) is 82.8 cm³/mol. The summed E-state index contributed by atoms with van der Waals surface area (Å²) in [6.45, 7) is 4.30. The minimum Gasteiger partial charge on any atom is -0.324 e. The molecule has 0 aliphatic heterocycles. The van der Waals surface area contributed by atoms with Crippen molar-refractivity contribution in [2.75, 3.05) is 0 Å². The Bertz CT molecular complexity index is 605. The quantitative estimate of drug-likeness (QED) is 0.839. The van der Waals surface area contributed by atoms with Crippen molar-refractivity contribution in [2.24, 2.45) is 5.73 Å². The van der Waals surface area contributed by atoms with Gasteiger partial charge in [0.15, 0.2) is 0 Å². The molecule has 0 fully saturated rings. The highest BCUT2D eigenvalue weighted by Crippen LogP contribution is 2.34. The van der Waals surface area contributed by atoms with Crippen LogP contribution in [-0.2, 0) is 6.42 Å². The zero-order chi connectivity index (χ0) is 13.6. The van der Waals surface area contributed by atoms with Crippen LogP contribution in [-0.4, -0.2) is 4.57 Å². The fraction of sp³-hybridized carbons (Fsp3) is 0.375. The maximum Gasteiger partial charge on any atom is 0.0623 e. The molecule has 0 saturated carbocycles. The summed E-state index contributed by atoms with van der Waals surface area (Å²) < 4.78 is 3.47. The Morgan fingerprint density at radius 3 is 2.84 bits per heavy atom. The average Bonchev–Trinajstić information content (AvgIpc) is 2.73. The summed E-state index contributed by atoms with van der Waals surface area (Å²) in [5.41, 5.74) is 12.7. The van der Waals surface area contributed by atoms with Crippen LogP contribution in [0.25, 0.3) is 5.69 Å². The summed E-state index contributed by atoms with van der Waals surface area (Å²) >= 11 is 3.71. The summed E-state index contributed by atoms with van der Waals surface area (Å²) in [6, 6.07) is 6.80. The highest BCUT2D eigenvalue weighted by Gasteiger charge is 2.22. The van der Waals surface area contributed by atoms with E-state index in [0.717, 1.165) is 17.3 Å². The van der Waals surface area contributed by atoms with Gasteiger partial charge in [-0.05, 0) is 77.9 Å². The second-order valence-electron chi connectivity index (χ2n) is 5.50. The third-order valence-corrected chi connectivity index (χ3v) is 4.60. The molecule has 0 saturated heterocycles. The molecule has 0 spiro atoms. The van der Waals surface area contributed by atoms with Gasteiger partial charge in [0.05, 0.1) is 5.69 Å². The molecule has 19 heavy (non-hydrogen) atoms. The van der Waals surface area contributed by atoms with Crippen LogP contribution in [0.15, 0.2) is 28.9 Å². The number of fused-ring (bicyclic) bond motifs is 1. The summed E-state index contributed by atoms with van der Waals surface area (Å²) in [5.74, 6) is 0. The summed E-state index contributed by atoms with van der Waals surface area (Å²) in [7, 11) is 0. The Balaban J connectivity index is 2.19. The number of halogens is 1. The van der Waals surface area contributed by atoms with Crippen molar-refractivity contribution in [3.8, 4) is 5.69 Å². The van der Waals surface area contributed by atoms with Crippen molar-refractivity contribution in [1.29, 1.82) is 0 Å². The highest BCUT2D eigenvalue weighted by atomic mass is 79.9. The Morgan fingerprint density at radius 2 is 2.11 bits per heavy atom. The molecule has 2 N–H and O–H groups in total. The molecule has 1 aromatic carbocycles. The van der Waals surface area contributed by atoms with E-state index in [-0.39, 0.29) is 6.04 Å². The van der Waals surface area contributed by atoms with Gasteiger partial charge in [-0.25, -0.2) is 0 Å². The summed E-state index contributed by atoms with van der Waals surface area (Å²) in [5, 5.41) is 0. The molecule has 1 aliphatic carbocycles. The molecule has 3 rings (SSSR count). The molecule has 100 valence electrons. The van der Waals surface area contributed by atoms with Crippen LogP contribution < -0.4 is 5.73 Å². The largest absolute Gasteiger partial charge is 0.324 e. The van der Waals surface area contributed by atoms with Gasteiger partial charge in [-0.2, -0.15) is 0 Å². The van der Waals surface area contributed by atoms with Gasteiger partial charge >= 0.3 is 0 Å². The first-order valence-corrected chi connectivity index (χ1v) is 7.60. The number of nitrogens with zero attached hydrogens (tertiary/aromatic N) is 1. The van der Waals surface area contributed by atoms with Gasteiger partial charge in [0.2, 0.25) is 0 Å². The molecule has 1 aliphatic rings. The summed E-state index contributed by atoms with van der Waals surface area (Å²) in [6.07, 6.45) is 5.57. The molecule has 1 aromatic heterocycles. The van der Waals surface area contributed by atoms with E-state index in [1.807, 2.05) is 0 Å². The van der Waals surface area contributed by atoms with E-state index in [1.54, 1.807) is 0 Å². The minimum absolute atomic E-state index is 0.203. The molecule has 0 bridgehead atoms. The number of benzene rings is 1. The van der Waals surface area contributed by atoms with Crippen molar-refractivity contribution < 1.29 is 0 Å². The van der Waals surface area contributed by atoms with Crippen molar-refractivity contribution in [1.82, 2.24) is 4.57 Å². The lowest BCUT2D eigenvalue weighted by atomic mass is 9.93. The lowest BCUT2D eigenvalue weighted by molar-refractivity contribution is 0.560. The fourth-order valence-electron chi connectivity index (χ4n) is 3.15. The lowest BCUT2D eigenvalue weighted by Crippen LogP contribution is -2.18. The molecular formula is C16H19BrN2. The topological polar surface area (TPSA) is 30.9 Å². The van der Waals surface area contributed by atoms with E-state index in [9.17, 15) is 0 Å². The fourth-order valence-corrected chi connectivity index (χ4v) is 4.01. The van der Waals surface area contributed by atoms with Gasteiger partial charge < -0.3 is 10.3 Å². The minimum atomic E-state index is 0.203. The number of aromatic nitrogens is 1. The van der Waals surface area contributed by atoms with Crippen molar-refractivity contribution in [3.63, 3.8) is 0 Å². The van der Waals surface area contributed by atoms with Crippen LogP contribution in [0, 0.1) is 13.8 Å². The summed E-state index contributed by atoms with van der Waals surface area (Å²) in [4.78, 5) is 0. The third kappa shape index (κ3) is 2.15. The van der Waals surface area contributed by atoms with E-state index in [0.29, 0.717) is 0 Å². The van der Waals surface area contributed by atoms with Gasteiger partial charge in [-0.1, -0.05) is 6.07 Å². The predicted octanol–water partition coefficient (Wildman–Crippen LogP) is 4.19. The van der Waals surface area contributed by atoms with Crippen molar-refractivity contribution in [2.45, 2.75) is 39.2 Å². The molecular weight excluding hydrogens is 300 g/mol. The number of nitrogens with two attached hydrogens (primary N) is 1. The average molecular weight is 319 g/mol. The standard InChI is InChI=1S/C16H19BrN2/c1-10-8-11(2)16(13(17)9-10)19-7-6-12-14(18)4-3-5-15(12)19/h6-9,14H,3-5,18H2,1-2H3. The van der Waals surface area contributed by atoms with Crippen LogP contribution in [0.4, 0.5) is 0 Å². The van der Waals surface area contributed by atoms with E-state index < -0.39 is 0 Å². The second-order valence-corrected chi connectivity index (χ2v) is 6.35. The zero-order valence-electron chi connectivity index (χ0n) is 11.4. The Labute approximate surface area is 122 Å². The normalized spacial score (nSPS) is 18.4.